The normalized spacial score (nSPS) is 24.1. The lowest BCUT2D eigenvalue weighted by Gasteiger charge is -2.28. The molecule has 96 valence electrons. The number of hydrogen-bond donors (Lipinski definition) is 1. The third kappa shape index (κ3) is 2.07. The molecule has 2 aromatic rings. The number of aromatic nitrogens is 4. The quantitative estimate of drug-likeness (QED) is 0.814. The summed E-state index contributed by atoms with van der Waals surface area (Å²) in [5.41, 5.74) is 0.168. The van der Waals surface area contributed by atoms with Crippen LogP contribution in [0.15, 0.2) is 30.7 Å². The fourth-order valence-electron chi connectivity index (χ4n) is 1.69. The van der Waals surface area contributed by atoms with E-state index in [-0.39, 0.29) is 12.2 Å². The van der Waals surface area contributed by atoms with Crippen LogP contribution in [0.3, 0.4) is 0 Å². The Morgan fingerprint density at radius 2 is 2.39 bits per heavy atom. The lowest BCUT2D eigenvalue weighted by Crippen LogP contribution is -2.44. The van der Waals surface area contributed by atoms with E-state index in [2.05, 4.69) is 15.5 Å². The maximum Gasteiger partial charge on any atom is 0.266 e. The average molecular weight is 253 g/mol. The van der Waals surface area contributed by atoms with Crippen molar-refractivity contribution in [3.8, 4) is 0 Å². The van der Waals surface area contributed by atoms with E-state index >= 15 is 0 Å². The van der Waals surface area contributed by atoms with Crippen molar-refractivity contribution in [2.45, 2.75) is 5.85 Å². The van der Waals surface area contributed by atoms with Gasteiger partial charge in [0.1, 0.15) is 5.69 Å². The van der Waals surface area contributed by atoms with Crippen molar-refractivity contribution >= 4 is 0 Å². The summed E-state index contributed by atoms with van der Waals surface area (Å²) in [5.74, 6) is -1.91. The van der Waals surface area contributed by atoms with Crippen LogP contribution < -0.4 is 10.3 Å². The summed E-state index contributed by atoms with van der Waals surface area (Å²) in [6.45, 7) is 1.02. The van der Waals surface area contributed by atoms with Crippen LogP contribution >= 0.6 is 0 Å². The Hall–Kier alpha value is -1.93. The number of rotatable bonds is 3. The third-order valence-electron chi connectivity index (χ3n) is 2.56. The SMILES string of the molecule is FC1(c2ccn(On3cccn3)n2)CNCCO1. The Morgan fingerprint density at radius 3 is 3.11 bits per heavy atom. The van der Waals surface area contributed by atoms with Gasteiger partial charge in [-0.15, -0.1) is 10.2 Å². The minimum Gasteiger partial charge on any atom is -0.339 e. The highest BCUT2D eigenvalue weighted by molar-refractivity contribution is 5.08. The number of morpholine rings is 1. The van der Waals surface area contributed by atoms with Crippen molar-refractivity contribution in [2.75, 3.05) is 19.7 Å². The third-order valence-corrected chi connectivity index (χ3v) is 2.56. The molecule has 1 saturated heterocycles. The lowest BCUT2D eigenvalue weighted by molar-refractivity contribution is -0.170. The van der Waals surface area contributed by atoms with Crippen LogP contribution in [0.1, 0.15) is 5.69 Å². The summed E-state index contributed by atoms with van der Waals surface area (Å²) in [4.78, 5) is 7.54. The minimum atomic E-state index is -1.91. The van der Waals surface area contributed by atoms with Crippen LogP contribution in [0.5, 0.6) is 0 Å². The van der Waals surface area contributed by atoms with E-state index in [1.807, 2.05) is 0 Å². The highest BCUT2D eigenvalue weighted by atomic mass is 19.2. The number of halogens is 1. The van der Waals surface area contributed by atoms with E-state index in [1.165, 1.54) is 17.1 Å². The molecule has 3 rings (SSSR count). The average Bonchev–Trinajstić information content (AvgIpc) is 3.02. The van der Waals surface area contributed by atoms with E-state index < -0.39 is 5.85 Å². The second kappa shape index (κ2) is 4.39. The first-order chi connectivity index (χ1) is 8.76. The monoisotopic (exact) mass is 253 g/mol. The van der Waals surface area contributed by atoms with Crippen molar-refractivity contribution in [1.82, 2.24) is 25.2 Å². The van der Waals surface area contributed by atoms with Crippen molar-refractivity contribution in [3.63, 3.8) is 0 Å². The van der Waals surface area contributed by atoms with E-state index in [0.29, 0.717) is 13.2 Å². The molecule has 0 bridgehead atoms. The number of nitrogens with one attached hydrogen (secondary N) is 1. The van der Waals surface area contributed by atoms with Crippen molar-refractivity contribution in [3.05, 3.63) is 36.4 Å². The molecule has 7 nitrogen and oxygen atoms in total. The molecule has 1 aliphatic rings. The number of nitrogens with zero attached hydrogens (tertiary/aromatic N) is 4. The summed E-state index contributed by atoms with van der Waals surface area (Å²) in [6.07, 6.45) is 4.66. The Kier molecular flexibility index (Phi) is 2.73. The van der Waals surface area contributed by atoms with E-state index in [4.69, 9.17) is 9.68 Å². The van der Waals surface area contributed by atoms with Crippen LogP contribution in [0.4, 0.5) is 4.39 Å². The molecule has 0 aliphatic carbocycles. The lowest BCUT2D eigenvalue weighted by atomic mass is 10.2. The maximum atomic E-state index is 14.4. The van der Waals surface area contributed by atoms with E-state index in [1.54, 1.807) is 18.5 Å². The van der Waals surface area contributed by atoms with Gasteiger partial charge < -0.3 is 10.1 Å². The summed E-state index contributed by atoms with van der Waals surface area (Å²) >= 11 is 0. The van der Waals surface area contributed by atoms with Crippen LogP contribution in [-0.4, -0.2) is 39.6 Å². The Morgan fingerprint density at radius 1 is 1.44 bits per heavy atom. The predicted molar refractivity (Wildman–Crippen MR) is 58.0 cm³/mol. The molecule has 1 N–H and O–H groups in total. The Bertz CT molecular complexity index is 506. The molecule has 0 radical (unpaired) electrons. The first-order valence-corrected chi connectivity index (χ1v) is 5.54. The molecule has 8 heteroatoms. The molecule has 0 spiro atoms. The van der Waals surface area contributed by atoms with Gasteiger partial charge in [0.05, 0.1) is 31.7 Å². The number of alkyl halides is 1. The zero-order valence-electron chi connectivity index (χ0n) is 9.49. The molecule has 0 amide bonds. The van der Waals surface area contributed by atoms with Gasteiger partial charge in [0.15, 0.2) is 0 Å². The molecule has 1 aliphatic heterocycles. The molecule has 1 atom stereocenters. The van der Waals surface area contributed by atoms with E-state index in [9.17, 15) is 4.39 Å². The van der Waals surface area contributed by atoms with Crippen LogP contribution in [-0.2, 0) is 10.6 Å². The molecule has 18 heavy (non-hydrogen) atoms. The molecular weight excluding hydrogens is 241 g/mol. The summed E-state index contributed by atoms with van der Waals surface area (Å²) < 4.78 is 19.5. The standard InChI is InChI=1S/C10H12FN5O2/c11-10(8-12-4-7-17-10)9-2-6-16(14-9)18-15-5-1-3-13-15/h1-3,5-6,12H,4,7-8H2. The van der Waals surface area contributed by atoms with Gasteiger partial charge in [-0.1, -0.05) is 9.69 Å². The largest absolute Gasteiger partial charge is 0.339 e. The second-order valence-corrected chi connectivity index (χ2v) is 3.85. The van der Waals surface area contributed by atoms with Gasteiger partial charge in [0.25, 0.3) is 5.85 Å². The van der Waals surface area contributed by atoms with Gasteiger partial charge >= 0.3 is 0 Å². The van der Waals surface area contributed by atoms with Gasteiger partial charge in [0, 0.05) is 6.54 Å². The van der Waals surface area contributed by atoms with Crippen LogP contribution in [0, 0.1) is 0 Å². The molecule has 1 fully saturated rings. The van der Waals surface area contributed by atoms with Gasteiger partial charge in [-0.05, 0) is 12.1 Å². The van der Waals surface area contributed by atoms with Crippen molar-refractivity contribution < 1.29 is 14.1 Å². The summed E-state index contributed by atoms with van der Waals surface area (Å²) in [6, 6.07) is 3.21. The molecular formula is C10H12FN5O2. The van der Waals surface area contributed by atoms with Gasteiger partial charge in [0.2, 0.25) is 0 Å². The minimum absolute atomic E-state index is 0.0752. The van der Waals surface area contributed by atoms with E-state index in [0.717, 1.165) is 4.85 Å². The topological polar surface area (TPSA) is 66.1 Å². The summed E-state index contributed by atoms with van der Waals surface area (Å²) in [7, 11) is 0. The molecule has 0 aromatic carbocycles. The molecule has 1 unspecified atom stereocenters. The summed E-state index contributed by atoms with van der Waals surface area (Å²) in [5, 5.41) is 10.7. The van der Waals surface area contributed by atoms with Gasteiger partial charge in [-0.2, -0.15) is 0 Å². The smallest absolute Gasteiger partial charge is 0.266 e. The zero-order valence-corrected chi connectivity index (χ0v) is 9.49. The first kappa shape index (κ1) is 11.2. The van der Waals surface area contributed by atoms with Gasteiger partial charge in [-0.3, -0.25) is 0 Å². The van der Waals surface area contributed by atoms with Crippen LogP contribution in [0.2, 0.25) is 0 Å². The van der Waals surface area contributed by atoms with Gasteiger partial charge in [-0.25, -0.2) is 9.33 Å². The molecule has 2 aromatic heterocycles. The zero-order chi connectivity index (χ0) is 12.4. The number of hydrogen-bond acceptors (Lipinski definition) is 5. The predicted octanol–water partition coefficient (Wildman–Crippen LogP) is -0.286. The van der Waals surface area contributed by atoms with Crippen molar-refractivity contribution in [2.24, 2.45) is 0 Å². The highest BCUT2D eigenvalue weighted by Gasteiger charge is 2.37. The second-order valence-electron chi connectivity index (χ2n) is 3.85. The molecule has 3 heterocycles. The maximum absolute atomic E-state index is 14.4. The number of ether oxygens (including phenoxy) is 1. The Balaban J connectivity index is 1.76. The highest BCUT2D eigenvalue weighted by Crippen LogP contribution is 2.26. The fraction of sp³-hybridized carbons (Fsp3) is 0.400. The Labute approximate surface area is 102 Å². The first-order valence-electron chi connectivity index (χ1n) is 5.54. The molecule has 0 saturated carbocycles. The van der Waals surface area contributed by atoms with Crippen LogP contribution in [0.25, 0.3) is 0 Å². The fourth-order valence-corrected chi connectivity index (χ4v) is 1.69. The van der Waals surface area contributed by atoms with Crippen molar-refractivity contribution in [1.29, 1.82) is 0 Å².